The van der Waals surface area contributed by atoms with Gasteiger partial charge >= 0.3 is 0 Å². The van der Waals surface area contributed by atoms with Gasteiger partial charge in [-0.2, -0.15) is 5.26 Å². The van der Waals surface area contributed by atoms with E-state index >= 15 is 0 Å². The minimum absolute atomic E-state index is 0.238. The summed E-state index contributed by atoms with van der Waals surface area (Å²) in [6.45, 7) is 3.73. The molecule has 17 heavy (non-hydrogen) atoms. The summed E-state index contributed by atoms with van der Waals surface area (Å²) < 4.78 is 0. The lowest BCUT2D eigenvalue weighted by molar-refractivity contribution is 0.112. The molecule has 1 unspecified atom stereocenters. The van der Waals surface area contributed by atoms with Gasteiger partial charge in [0.2, 0.25) is 0 Å². The van der Waals surface area contributed by atoms with E-state index in [1.807, 2.05) is 32.0 Å². The van der Waals surface area contributed by atoms with Crippen molar-refractivity contribution in [2.45, 2.75) is 19.8 Å². The van der Waals surface area contributed by atoms with Crippen molar-refractivity contribution in [2.24, 2.45) is 0 Å². The number of aromatic nitrogens is 1. The van der Waals surface area contributed by atoms with Crippen LogP contribution in [0.15, 0.2) is 24.3 Å². The first-order valence-electron chi connectivity index (χ1n) is 5.42. The molecule has 2 rings (SSSR count). The van der Waals surface area contributed by atoms with Gasteiger partial charge < -0.3 is 0 Å². The topological polar surface area (TPSA) is 53.8 Å². The Morgan fingerprint density at radius 1 is 1.41 bits per heavy atom. The van der Waals surface area contributed by atoms with Crippen LogP contribution in [0.3, 0.4) is 0 Å². The molecule has 0 N–H and O–H groups in total. The minimum atomic E-state index is -0.238. The van der Waals surface area contributed by atoms with E-state index in [1.54, 1.807) is 6.07 Å². The molecule has 1 aromatic carbocycles. The average Bonchev–Trinajstić information content (AvgIpc) is 2.36. The molecule has 1 heterocycles. The van der Waals surface area contributed by atoms with Crippen LogP contribution in [0.25, 0.3) is 10.8 Å². The van der Waals surface area contributed by atoms with E-state index in [-0.39, 0.29) is 5.92 Å². The SMILES string of the molecule is Cc1nc(C(C)C#N)cc2cc(C=O)ccc12. The van der Waals surface area contributed by atoms with E-state index in [9.17, 15) is 4.79 Å². The van der Waals surface area contributed by atoms with Gasteiger partial charge in [-0.05, 0) is 31.4 Å². The lowest BCUT2D eigenvalue weighted by atomic mass is 10.0. The van der Waals surface area contributed by atoms with Crippen molar-refractivity contribution in [3.8, 4) is 6.07 Å². The van der Waals surface area contributed by atoms with Crippen LogP contribution in [0.1, 0.15) is 34.6 Å². The van der Waals surface area contributed by atoms with E-state index in [1.165, 1.54) is 0 Å². The number of aryl methyl sites for hydroxylation is 1. The summed E-state index contributed by atoms with van der Waals surface area (Å²) in [5.41, 5.74) is 2.27. The molecule has 0 aliphatic carbocycles. The highest BCUT2D eigenvalue weighted by atomic mass is 16.1. The predicted octanol–water partition coefficient (Wildman–Crippen LogP) is 2.98. The molecular formula is C14H12N2O. The zero-order valence-corrected chi connectivity index (χ0v) is 9.77. The normalized spacial score (nSPS) is 12.1. The standard InChI is InChI=1S/C14H12N2O/c1-9(7-15)14-6-12-5-11(8-17)3-4-13(12)10(2)16-14/h3-6,8-9H,1-2H3. The summed E-state index contributed by atoms with van der Waals surface area (Å²) in [7, 11) is 0. The quantitative estimate of drug-likeness (QED) is 0.737. The number of nitrogens with zero attached hydrogens (tertiary/aromatic N) is 2. The van der Waals surface area contributed by atoms with Crippen molar-refractivity contribution in [3.05, 3.63) is 41.2 Å². The van der Waals surface area contributed by atoms with Crippen LogP contribution in [0.5, 0.6) is 0 Å². The van der Waals surface area contributed by atoms with E-state index in [4.69, 9.17) is 5.26 Å². The summed E-state index contributed by atoms with van der Waals surface area (Å²) in [6, 6.07) is 9.54. The number of hydrogen-bond acceptors (Lipinski definition) is 3. The Morgan fingerprint density at radius 2 is 2.18 bits per heavy atom. The van der Waals surface area contributed by atoms with E-state index in [0.717, 1.165) is 28.4 Å². The van der Waals surface area contributed by atoms with Crippen molar-refractivity contribution in [1.82, 2.24) is 4.98 Å². The fraction of sp³-hybridized carbons (Fsp3) is 0.214. The van der Waals surface area contributed by atoms with E-state index in [2.05, 4.69) is 11.1 Å². The van der Waals surface area contributed by atoms with Crippen LogP contribution in [-0.4, -0.2) is 11.3 Å². The molecule has 1 aromatic heterocycles. The highest BCUT2D eigenvalue weighted by Gasteiger charge is 2.09. The summed E-state index contributed by atoms with van der Waals surface area (Å²) >= 11 is 0. The molecule has 0 saturated heterocycles. The second-order valence-electron chi connectivity index (χ2n) is 4.08. The fourth-order valence-electron chi connectivity index (χ4n) is 1.84. The third-order valence-corrected chi connectivity index (χ3v) is 2.84. The Bertz CT molecular complexity index is 626. The number of rotatable bonds is 2. The summed E-state index contributed by atoms with van der Waals surface area (Å²) in [5.74, 6) is -0.238. The predicted molar refractivity (Wildman–Crippen MR) is 65.9 cm³/mol. The van der Waals surface area contributed by atoms with Crippen molar-refractivity contribution in [2.75, 3.05) is 0 Å². The number of hydrogen-bond donors (Lipinski definition) is 0. The Kier molecular flexibility index (Phi) is 2.88. The highest BCUT2D eigenvalue weighted by molar-refractivity contribution is 5.90. The third-order valence-electron chi connectivity index (χ3n) is 2.84. The third kappa shape index (κ3) is 2.02. The number of aldehydes is 1. The number of benzene rings is 1. The van der Waals surface area contributed by atoms with Crippen LogP contribution in [0.4, 0.5) is 0 Å². The minimum Gasteiger partial charge on any atom is -0.298 e. The first kappa shape index (κ1) is 11.3. The van der Waals surface area contributed by atoms with Gasteiger partial charge in [0.05, 0.1) is 17.7 Å². The molecule has 0 bridgehead atoms. The van der Waals surface area contributed by atoms with Gasteiger partial charge in [-0.25, -0.2) is 0 Å². The molecule has 84 valence electrons. The van der Waals surface area contributed by atoms with Crippen LogP contribution in [0.2, 0.25) is 0 Å². The smallest absolute Gasteiger partial charge is 0.150 e. The van der Waals surface area contributed by atoms with Crippen LogP contribution < -0.4 is 0 Å². The average molecular weight is 224 g/mol. The summed E-state index contributed by atoms with van der Waals surface area (Å²) in [5, 5.41) is 10.9. The zero-order valence-electron chi connectivity index (χ0n) is 9.77. The number of nitriles is 1. The number of fused-ring (bicyclic) bond motifs is 1. The Balaban J connectivity index is 2.70. The lowest BCUT2D eigenvalue weighted by Crippen LogP contribution is -1.97. The molecule has 0 aliphatic rings. The summed E-state index contributed by atoms with van der Waals surface area (Å²) in [6.07, 6.45) is 0.822. The first-order chi connectivity index (χ1) is 8.15. The lowest BCUT2D eigenvalue weighted by Gasteiger charge is -2.08. The van der Waals surface area contributed by atoms with E-state index in [0.29, 0.717) is 5.56 Å². The zero-order chi connectivity index (χ0) is 12.4. The molecular weight excluding hydrogens is 212 g/mol. The second kappa shape index (κ2) is 4.34. The molecule has 0 spiro atoms. The highest BCUT2D eigenvalue weighted by Crippen LogP contribution is 2.22. The maximum absolute atomic E-state index is 10.7. The van der Waals surface area contributed by atoms with Gasteiger partial charge in [-0.1, -0.05) is 12.1 Å². The number of carbonyl (C=O) groups excluding carboxylic acids is 1. The van der Waals surface area contributed by atoms with Gasteiger partial charge in [-0.3, -0.25) is 9.78 Å². The van der Waals surface area contributed by atoms with Crippen LogP contribution >= 0.6 is 0 Å². The first-order valence-corrected chi connectivity index (χ1v) is 5.42. The molecule has 3 nitrogen and oxygen atoms in total. The van der Waals surface area contributed by atoms with Crippen LogP contribution in [0, 0.1) is 18.3 Å². The van der Waals surface area contributed by atoms with Gasteiger partial charge in [0.15, 0.2) is 0 Å². The van der Waals surface area contributed by atoms with E-state index < -0.39 is 0 Å². The summed E-state index contributed by atoms with van der Waals surface area (Å²) in [4.78, 5) is 15.2. The number of pyridine rings is 1. The maximum atomic E-state index is 10.7. The van der Waals surface area contributed by atoms with Gasteiger partial charge in [0.25, 0.3) is 0 Å². The van der Waals surface area contributed by atoms with Gasteiger partial charge in [0.1, 0.15) is 6.29 Å². The maximum Gasteiger partial charge on any atom is 0.150 e. The molecule has 0 aliphatic heterocycles. The molecule has 0 fully saturated rings. The van der Waals surface area contributed by atoms with Gasteiger partial charge in [-0.15, -0.1) is 0 Å². The molecule has 2 aromatic rings. The Morgan fingerprint density at radius 3 is 2.82 bits per heavy atom. The Hall–Kier alpha value is -2.21. The van der Waals surface area contributed by atoms with Crippen molar-refractivity contribution in [1.29, 1.82) is 5.26 Å². The number of carbonyl (C=O) groups is 1. The molecule has 0 amide bonds. The van der Waals surface area contributed by atoms with Gasteiger partial charge in [0, 0.05) is 16.6 Å². The van der Waals surface area contributed by atoms with Crippen molar-refractivity contribution in [3.63, 3.8) is 0 Å². The van der Waals surface area contributed by atoms with Crippen LogP contribution in [-0.2, 0) is 0 Å². The van der Waals surface area contributed by atoms with Crippen molar-refractivity contribution >= 4 is 17.1 Å². The molecule has 1 atom stereocenters. The molecule has 0 saturated carbocycles. The second-order valence-corrected chi connectivity index (χ2v) is 4.08. The largest absolute Gasteiger partial charge is 0.298 e. The fourth-order valence-corrected chi connectivity index (χ4v) is 1.84. The monoisotopic (exact) mass is 224 g/mol. The van der Waals surface area contributed by atoms with Crippen molar-refractivity contribution < 1.29 is 4.79 Å². The molecule has 0 radical (unpaired) electrons. The molecule has 3 heteroatoms. The Labute approximate surface area is 99.7 Å².